The van der Waals surface area contributed by atoms with Crippen molar-refractivity contribution in [2.24, 2.45) is 0 Å². The van der Waals surface area contributed by atoms with E-state index in [0.717, 1.165) is 28.5 Å². The Labute approximate surface area is 147 Å². The van der Waals surface area contributed by atoms with Crippen molar-refractivity contribution in [2.45, 2.75) is 27.3 Å². The second kappa shape index (κ2) is 7.30. The van der Waals surface area contributed by atoms with Gasteiger partial charge in [-0.1, -0.05) is 12.1 Å². The molecule has 3 rings (SSSR count). The first-order valence-electron chi connectivity index (χ1n) is 8.32. The van der Waals surface area contributed by atoms with E-state index in [4.69, 9.17) is 4.42 Å². The third-order valence-corrected chi connectivity index (χ3v) is 4.01. The molecule has 0 radical (unpaired) electrons. The number of rotatable bonds is 5. The Morgan fingerprint density at radius 2 is 1.92 bits per heavy atom. The number of carbonyl (C=O) groups is 1. The molecule has 1 amide bonds. The maximum atomic E-state index is 12.9. The fourth-order valence-electron chi connectivity index (χ4n) is 2.63. The van der Waals surface area contributed by atoms with Crippen LogP contribution in [0, 0.1) is 13.8 Å². The van der Waals surface area contributed by atoms with Crippen LogP contribution in [0.2, 0.25) is 0 Å². The number of nitrogens with zero attached hydrogens (tertiary/aromatic N) is 3. The number of amides is 1. The lowest BCUT2D eigenvalue weighted by Crippen LogP contribution is -2.30. The Kier molecular flexibility index (Phi) is 4.93. The SMILES string of the molecule is CCN(Cc1ccc(C)o1)C(=O)c1cccc(-c2ccc(C)nn2)c1. The highest BCUT2D eigenvalue weighted by molar-refractivity contribution is 5.95. The molecule has 5 nitrogen and oxygen atoms in total. The molecule has 0 atom stereocenters. The monoisotopic (exact) mass is 335 g/mol. The van der Waals surface area contributed by atoms with Crippen LogP contribution < -0.4 is 0 Å². The van der Waals surface area contributed by atoms with E-state index in [1.165, 1.54) is 0 Å². The summed E-state index contributed by atoms with van der Waals surface area (Å²) in [6, 6.07) is 15.1. The molecular formula is C20H21N3O2. The normalized spacial score (nSPS) is 10.7. The van der Waals surface area contributed by atoms with Gasteiger partial charge >= 0.3 is 0 Å². The third kappa shape index (κ3) is 3.94. The smallest absolute Gasteiger partial charge is 0.254 e. The van der Waals surface area contributed by atoms with Crippen molar-refractivity contribution in [1.29, 1.82) is 0 Å². The molecule has 0 saturated heterocycles. The molecule has 0 unspecified atom stereocenters. The zero-order valence-electron chi connectivity index (χ0n) is 14.7. The molecule has 128 valence electrons. The van der Waals surface area contributed by atoms with Crippen LogP contribution in [0.4, 0.5) is 0 Å². The van der Waals surface area contributed by atoms with Crippen LogP contribution in [0.1, 0.15) is 34.5 Å². The quantitative estimate of drug-likeness (QED) is 0.707. The lowest BCUT2D eigenvalue weighted by molar-refractivity contribution is 0.0741. The molecule has 0 spiro atoms. The Morgan fingerprint density at radius 1 is 1.08 bits per heavy atom. The minimum atomic E-state index is -0.0292. The number of benzene rings is 1. The van der Waals surface area contributed by atoms with Crippen molar-refractivity contribution < 1.29 is 9.21 Å². The molecular weight excluding hydrogens is 314 g/mol. The fraction of sp³-hybridized carbons (Fsp3) is 0.250. The van der Waals surface area contributed by atoms with Crippen molar-refractivity contribution in [3.05, 3.63) is 71.3 Å². The first-order valence-corrected chi connectivity index (χ1v) is 8.32. The van der Waals surface area contributed by atoms with Crippen molar-refractivity contribution in [2.75, 3.05) is 6.54 Å². The number of furan rings is 1. The van der Waals surface area contributed by atoms with Crippen LogP contribution in [0.15, 0.2) is 52.9 Å². The first-order chi connectivity index (χ1) is 12.1. The summed E-state index contributed by atoms with van der Waals surface area (Å²) >= 11 is 0. The molecule has 2 heterocycles. The van der Waals surface area contributed by atoms with E-state index in [9.17, 15) is 4.79 Å². The summed E-state index contributed by atoms with van der Waals surface area (Å²) in [5.74, 6) is 1.60. The summed E-state index contributed by atoms with van der Waals surface area (Å²) in [5, 5.41) is 8.28. The van der Waals surface area contributed by atoms with E-state index in [1.807, 2.05) is 69.3 Å². The van der Waals surface area contributed by atoms with Gasteiger partial charge in [0.05, 0.1) is 17.9 Å². The minimum absolute atomic E-state index is 0.0292. The van der Waals surface area contributed by atoms with Crippen LogP contribution in [-0.2, 0) is 6.54 Å². The van der Waals surface area contributed by atoms with Crippen molar-refractivity contribution in [3.63, 3.8) is 0 Å². The number of aromatic nitrogens is 2. The lowest BCUT2D eigenvalue weighted by atomic mass is 10.1. The molecule has 0 N–H and O–H groups in total. The zero-order valence-corrected chi connectivity index (χ0v) is 14.7. The molecule has 0 saturated carbocycles. The summed E-state index contributed by atoms with van der Waals surface area (Å²) in [4.78, 5) is 14.6. The first kappa shape index (κ1) is 16.9. The van der Waals surface area contributed by atoms with Crippen LogP contribution >= 0.6 is 0 Å². The number of aryl methyl sites for hydroxylation is 2. The van der Waals surface area contributed by atoms with Gasteiger partial charge in [-0.05, 0) is 57.2 Å². The standard InChI is InChI=1S/C20H21N3O2/c1-4-23(13-18-10-9-15(3)25-18)20(24)17-7-5-6-16(12-17)19-11-8-14(2)21-22-19/h5-12H,4,13H2,1-3H3. The van der Waals surface area contributed by atoms with Crippen molar-refractivity contribution in [3.8, 4) is 11.3 Å². The fourth-order valence-corrected chi connectivity index (χ4v) is 2.63. The molecule has 0 fully saturated rings. The number of hydrogen-bond acceptors (Lipinski definition) is 4. The Bertz CT molecular complexity index is 869. The second-order valence-corrected chi connectivity index (χ2v) is 5.97. The highest BCUT2D eigenvalue weighted by atomic mass is 16.3. The summed E-state index contributed by atoms with van der Waals surface area (Å²) in [5.41, 5.74) is 3.13. The van der Waals surface area contributed by atoms with Crippen molar-refractivity contribution >= 4 is 5.91 Å². The van der Waals surface area contributed by atoms with Gasteiger partial charge in [0.1, 0.15) is 11.5 Å². The van der Waals surface area contributed by atoms with Gasteiger partial charge in [-0.3, -0.25) is 4.79 Å². The summed E-state index contributed by atoms with van der Waals surface area (Å²) < 4.78 is 5.59. The van der Waals surface area contributed by atoms with Crippen LogP contribution in [-0.4, -0.2) is 27.5 Å². The maximum Gasteiger partial charge on any atom is 0.254 e. The number of carbonyl (C=O) groups excluding carboxylic acids is 1. The Hall–Kier alpha value is -2.95. The largest absolute Gasteiger partial charge is 0.464 e. The molecule has 0 aliphatic carbocycles. The Balaban J connectivity index is 1.83. The average Bonchev–Trinajstić information content (AvgIpc) is 3.05. The van der Waals surface area contributed by atoms with Gasteiger partial charge in [-0.25, -0.2) is 0 Å². The van der Waals surface area contributed by atoms with E-state index >= 15 is 0 Å². The molecule has 25 heavy (non-hydrogen) atoms. The van der Waals surface area contributed by atoms with Gasteiger partial charge in [-0.15, -0.1) is 0 Å². The maximum absolute atomic E-state index is 12.9. The highest BCUT2D eigenvalue weighted by Gasteiger charge is 2.17. The summed E-state index contributed by atoms with van der Waals surface area (Å²) in [7, 11) is 0. The van der Waals surface area contributed by atoms with Crippen molar-refractivity contribution in [1.82, 2.24) is 15.1 Å². The predicted molar refractivity (Wildman–Crippen MR) is 96.1 cm³/mol. The van der Waals surface area contributed by atoms with Crippen LogP contribution in [0.5, 0.6) is 0 Å². The van der Waals surface area contributed by atoms with Gasteiger partial charge in [0.25, 0.3) is 5.91 Å². The molecule has 2 aromatic heterocycles. The van der Waals surface area contributed by atoms with Gasteiger partial charge in [-0.2, -0.15) is 10.2 Å². The predicted octanol–water partition coefficient (Wildman–Crippen LogP) is 4.02. The molecule has 0 aliphatic rings. The highest BCUT2D eigenvalue weighted by Crippen LogP contribution is 2.19. The van der Waals surface area contributed by atoms with E-state index < -0.39 is 0 Å². The molecule has 0 bridgehead atoms. The molecule has 5 heteroatoms. The second-order valence-electron chi connectivity index (χ2n) is 5.97. The molecule has 0 aliphatic heterocycles. The lowest BCUT2D eigenvalue weighted by Gasteiger charge is -2.20. The topological polar surface area (TPSA) is 59.2 Å². The average molecular weight is 335 g/mol. The Morgan fingerprint density at radius 3 is 2.56 bits per heavy atom. The van der Waals surface area contributed by atoms with Gasteiger partial charge in [0, 0.05) is 17.7 Å². The van der Waals surface area contributed by atoms with E-state index in [0.29, 0.717) is 18.7 Å². The zero-order chi connectivity index (χ0) is 17.8. The molecule has 3 aromatic rings. The van der Waals surface area contributed by atoms with Gasteiger partial charge in [0.2, 0.25) is 0 Å². The number of hydrogen-bond donors (Lipinski definition) is 0. The minimum Gasteiger partial charge on any atom is -0.464 e. The third-order valence-electron chi connectivity index (χ3n) is 4.01. The summed E-state index contributed by atoms with van der Waals surface area (Å²) in [6.45, 7) is 6.81. The van der Waals surface area contributed by atoms with Gasteiger partial charge in [0.15, 0.2) is 0 Å². The summed E-state index contributed by atoms with van der Waals surface area (Å²) in [6.07, 6.45) is 0. The van der Waals surface area contributed by atoms with E-state index in [-0.39, 0.29) is 5.91 Å². The van der Waals surface area contributed by atoms with E-state index in [2.05, 4.69) is 10.2 Å². The van der Waals surface area contributed by atoms with E-state index in [1.54, 1.807) is 4.90 Å². The van der Waals surface area contributed by atoms with Gasteiger partial charge < -0.3 is 9.32 Å². The van der Waals surface area contributed by atoms with Crippen LogP contribution in [0.25, 0.3) is 11.3 Å². The van der Waals surface area contributed by atoms with Crippen LogP contribution in [0.3, 0.4) is 0 Å². The molecule has 1 aromatic carbocycles.